The van der Waals surface area contributed by atoms with Gasteiger partial charge in [-0.1, -0.05) is 0 Å². The van der Waals surface area contributed by atoms with E-state index in [1.54, 1.807) is 0 Å². The summed E-state index contributed by atoms with van der Waals surface area (Å²) >= 11 is 0. The molecule has 0 aliphatic heterocycles. The van der Waals surface area contributed by atoms with Gasteiger partial charge in [-0.2, -0.15) is 4.72 Å². The van der Waals surface area contributed by atoms with Crippen molar-refractivity contribution in [2.24, 2.45) is 5.73 Å². The monoisotopic (exact) mass is 318 g/mol. The van der Waals surface area contributed by atoms with E-state index in [0.29, 0.717) is 0 Å². The second kappa shape index (κ2) is 6.64. The number of carbonyl (C=O) groups is 2. The minimum Gasteiger partial charge on any atom is -0.451 e. The van der Waals surface area contributed by atoms with Gasteiger partial charge in [0, 0.05) is 0 Å². The lowest BCUT2D eigenvalue weighted by Gasteiger charge is -2.16. The van der Waals surface area contributed by atoms with Crippen LogP contribution in [0.2, 0.25) is 0 Å². The van der Waals surface area contributed by atoms with Crippen LogP contribution >= 0.6 is 0 Å². The Bertz CT molecular complexity index is 630. The summed E-state index contributed by atoms with van der Waals surface area (Å²) in [6, 6.07) is 2.84. The van der Waals surface area contributed by atoms with Gasteiger partial charge >= 0.3 is 5.97 Å². The molecule has 0 spiro atoms. The Labute approximate surface area is 121 Å². The van der Waals surface area contributed by atoms with Gasteiger partial charge in [0.15, 0.2) is 6.10 Å². The van der Waals surface area contributed by atoms with E-state index >= 15 is 0 Å². The normalized spacial score (nSPS) is 14.2. The van der Waals surface area contributed by atoms with Gasteiger partial charge in [0.1, 0.15) is 11.9 Å². The summed E-state index contributed by atoms with van der Waals surface area (Å²) in [6.45, 7) is 2.51. The van der Waals surface area contributed by atoms with E-state index in [1.165, 1.54) is 13.8 Å². The molecule has 21 heavy (non-hydrogen) atoms. The highest BCUT2D eigenvalue weighted by molar-refractivity contribution is 7.89. The molecule has 0 aliphatic carbocycles. The maximum atomic E-state index is 12.8. The topological polar surface area (TPSA) is 116 Å². The van der Waals surface area contributed by atoms with Crippen LogP contribution in [0.3, 0.4) is 0 Å². The average Bonchev–Trinajstić information content (AvgIpc) is 2.38. The molecule has 7 nitrogen and oxygen atoms in total. The number of carbonyl (C=O) groups excluding carboxylic acids is 2. The largest absolute Gasteiger partial charge is 0.451 e. The summed E-state index contributed by atoms with van der Waals surface area (Å²) in [5, 5.41) is 0. The van der Waals surface area contributed by atoms with E-state index in [2.05, 4.69) is 9.46 Å². The van der Waals surface area contributed by atoms with Crippen LogP contribution in [0.4, 0.5) is 4.39 Å². The summed E-state index contributed by atoms with van der Waals surface area (Å²) in [5.41, 5.74) is 4.93. The zero-order valence-corrected chi connectivity index (χ0v) is 12.2. The molecule has 2 atom stereocenters. The van der Waals surface area contributed by atoms with E-state index < -0.39 is 39.9 Å². The molecule has 116 valence electrons. The molecule has 3 N–H and O–H groups in total. The van der Waals surface area contributed by atoms with Crippen LogP contribution in [0, 0.1) is 5.82 Å². The van der Waals surface area contributed by atoms with Crippen LogP contribution in [-0.2, 0) is 24.3 Å². The lowest BCUT2D eigenvalue weighted by Crippen LogP contribution is -2.42. The fourth-order valence-electron chi connectivity index (χ4n) is 1.30. The third-order valence-electron chi connectivity index (χ3n) is 2.50. The third-order valence-corrected chi connectivity index (χ3v) is 4.06. The summed E-state index contributed by atoms with van der Waals surface area (Å²) < 4.78 is 43.4. The molecule has 0 saturated carbocycles. The number of esters is 1. The Morgan fingerprint density at radius 3 is 2.24 bits per heavy atom. The zero-order chi connectivity index (χ0) is 16.2. The first-order chi connectivity index (χ1) is 9.63. The average molecular weight is 318 g/mol. The summed E-state index contributed by atoms with van der Waals surface area (Å²) in [5.74, 6) is -2.39. The van der Waals surface area contributed by atoms with Gasteiger partial charge in [-0.25, -0.2) is 12.8 Å². The molecule has 0 fully saturated rings. The molecule has 1 aromatic rings. The highest BCUT2D eigenvalue weighted by Crippen LogP contribution is 2.10. The lowest BCUT2D eigenvalue weighted by molar-refractivity contribution is -0.155. The number of halogens is 1. The molecular formula is C12H15FN2O5S. The van der Waals surface area contributed by atoms with Gasteiger partial charge in [0.25, 0.3) is 5.91 Å². The SMILES string of the molecule is C[C@H](NS(=O)(=O)c1ccc(F)cc1)C(=O)O[C@H](C)C(N)=O. The molecule has 0 aromatic heterocycles. The molecule has 0 unspecified atom stereocenters. The maximum Gasteiger partial charge on any atom is 0.324 e. The van der Waals surface area contributed by atoms with E-state index in [4.69, 9.17) is 5.73 Å². The van der Waals surface area contributed by atoms with Crippen molar-refractivity contribution in [3.63, 3.8) is 0 Å². The van der Waals surface area contributed by atoms with Crippen LogP contribution in [0.1, 0.15) is 13.8 Å². The Kier molecular flexibility index (Phi) is 5.39. The molecule has 0 bridgehead atoms. The first-order valence-electron chi connectivity index (χ1n) is 5.91. The van der Waals surface area contributed by atoms with Crippen molar-refractivity contribution in [3.05, 3.63) is 30.1 Å². The first-order valence-corrected chi connectivity index (χ1v) is 7.39. The van der Waals surface area contributed by atoms with Crippen molar-refractivity contribution < 1.29 is 27.1 Å². The van der Waals surface area contributed by atoms with Gasteiger partial charge in [-0.15, -0.1) is 0 Å². The molecular weight excluding hydrogens is 303 g/mol. The second-order valence-corrected chi connectivity index (χ2v) is 5.99. The minimum absolute atomic E-state index is 0.202. The standard InChI is InChI=1S/C12H15FN2O5S/c1-7(12(17)20-8(2)11(14)16)15-21(18,19)10-5-3-9(13)4-6-10/h3-8,15H,1-2H3,(H2,14,16)/t7-,8+/m0/s1. The fraction of sp³-hybridized carbons (Fsp3) is 0.333. The number of amides is 1. The zero-order valence-electron chi connectivity index (χ0n) is 11.4. The van der Waals surface area contributed by atoms with Crippen molar-refractivity contribution in [2.45, 2.75) is 30.9 Å². The van der Waals surface area contributed by atoms with Crippen LogP contribution in [-0.4, -0.2) is 32.4 Å². The number of ether oxygens (including phenoxy) is 1. The van der Waals surface area contributed by atoms with Crippen LogP contribution in [0.25, 0.3) is 0 Å². The fourth-order valence-corrected chi connectivity index (χ4v) is 2.49. The first kappa shape index (κ1) is 17.1. The van der Waals surface area contributed by atoms with E-state index in [9.17, 15) is 22.4 Å². The van der Waals surface area contributed by atoms with E-state index in [1.807, 2.05) is 0 Å². The van der Waals surface area contributed by atoms with Crippen LogP contribution < -0.4 is 10.5 Å². The molecule has 1 aromatic carbocycles. The summed E-state index contributed by atoms with van der Waals surface area (Å²) in [4.78, 5) is 22.2. The van der Waals surface area contributed by atoms with Crippen molar-refractivity contribution >= 4 is 21.9 Å². The predicted octanol–water partition coefficient (Wildman–Crippen LogP) is -0.0905. The summed E-state index contributed by atoms with van der Waals surface area (Å²) in [6.07, 6.45) is -1.17. The molecule has 1 amide bonds. The maximum absolute atomic E-state index is 12.8. The van der Waals surface area contributed by atoms with Crippen molar-refractivity contribution in [2.75, 3.05) is 0 Å². The van der Waals surface area contributed by atoms with Crippen molar-refractivity contribution in [1.82, 2.24) is 4.72 Å². The third kappa shape index (κ3) is 4.80. The quantitative estimate of drug-likeness (QED) is 0.711. The van der Waals surface area contributed by atoms with Gasteiger partial charge in [0.05, 0.1) is 4.90 Å². The highest BCUT2D eigenvalue weighted by atomic mass is 32.2. The van der Waals surface area contributed by atoms with Gasteiger partial charge < -0.3 is 10.5 Å². The highest BCUT2D eigenvalue weighted by Gasteiger charge is 2.25. The van der Waals surface area contributed by atoms with Crippen LogP contribution in [0.5, 0.6) is 0 Å². The van der Waals surface area contributed by atoms with Crippen LogP contribution in [0.15, 0.2) is 29.2 Å². The number of rotatable bonds is 6. The number of benzene rings is 1. The number of hydrogen-bond acceptors (Lipinski definition) is 5. The van der Waals surface area contributed by atoms with Gasteiger partial charge in [0.2, 0.25) is 10.0 Å². The summed E-state index contributed by atoms with van der Waals surface area (Å²) in [7, 11) is -4.01. The smallest absolute Gasteiger partial charge is 0.324 e. The molecule has 0 aliphatic rings. The number of nitrogens with one attached hydrogen (secondary N) is 1. The molecule has 0 heterocycles. The number of primary amides is 1. The predicted molar refractivity (Wildman–Crippen MR) is 70.9 cm³/mol. The molecule has 0 saturated heterocycles. The Morgan fingerprint density at radius 1 is 1.24 bits per heavy atom. The molecule has 9 heteroatoms. The Balaban J connectivity index is 2.77. The molecule has 1 rings (SSSR count). The van der Waals surface area contributed by atoms with Gasteiger partial charge in [-0.05, 0) is 38.1 Å². The molecule has 0 radical (unpaired) electrons. The minimum atomic E-state index is -4.01. The Morgan fingerprint density at radius 2 is 1.76 bits per heavy atom. The second-order valence-electron chi connectivity index (χ2n) is 4.28. The number of hydrogen-bond donors (Lipinski definition) is 2. The van der Waals surface area contributed by atoms with Gasteiger partial charge in [-0.3, -0.25) is 9.59 Å². The van der Waals surface area contributed by atoms with Crippen molar-refractivity contribution in [1.29, 1.82) is 0 Å². The number of nitrogens with two attached hydrogens (primary N) is 1. The lowest BCUT2D eigenvalue weighted by atomic mass is 10.3. The van der Waals surface area contributed by atoms with E-state index in [-0.39, 0.29) is 4.90 Å². The Hall–Kier alpha value is -2.00. The van der Waals surface area contributed by atoms with E-state index in [0.717, 1.165) is 24.3 Å². The number of sulfonamides is 1. The van der Waals surface area contributed by atoms with Crippen molar-refractivity contribution in [3.8, 4) is 0 Å².